The summed E-state index contributed by atoms with van der Waals surface area (Å²) >= 11 is 0. The number of rotatable bonds is 3. The summed E-state index contributed by atoms with van der Waals surface area (Å²) in [4.78, 5) is 0. The Hall–Kier alpha value is -0.250. The molecule has 0 N–H and O–H groups in total. The van der Waals surface area contributed by atoms with Crippen LogP contribution in [0.5, 0.6) is 0 Å². The zero-order valence-electron chi connectivity index (χ0n) is 7.44. The van der Waals surface area contributed by atoms with E-state index in [9.17, 15) is 13.2 Å². The van der Waals surface area contributed by atoms with Crippen LogP contribution in [0.25, 0.3) is 0 Å². The van der Waals surface area contributed by atoms with Gasteiger partial charge in [-0.3, -0.25) is 0 Å². The minimum absolute atomic E-state index is 0. The molecular formula is C10H11AgF3. The van der Waals surface area contributed by atoms with Crippen molar-refractivity contribution in [2.75, 3.05) is 0 Å². The maximum absolute atomic E-state index is 11.8. The molecule has 1 aromatic rings. The van der Waals surface area contributed by atoms with Gasteiger partial charge in [-0.2, -0.15) is 13.2 Å². The van der Waals surface area contributed by atoms with E-state index in [0.29, 0.717) is 6.42 Å². The summed E-state index contributed by atoms with van der Waals surface area (Å²) in [5.41, 5.74) is 0.965. The van der Waals surface area contributed by atoms with E-state index in [1.54, 1.807) is 0 Å². The van der Waals surface area contributed by atoms with Crippen LogP contribution in [0, 0.1) is 0 Å². The van der Waals surface area contributed by atoms with Gasteiger partial charge in [0.25, 0.3) is 0 Å². The molecular weight excluding hydrogens is 285 g/mol. The van der Waals surface area contributed by atoms with Gasteiger partial charge in [0.05, 0.1) is 0 Å². The van der Waals surface area contributed by atoms with Crippen LogP contribution in [-0.2, 0) is 28.8 Å². The quantitative estimate of drug-likeness (QED) is 0.748. The third kappa shape index (κ3) is 6.24. The Morgan fingerprint density at radius 2 is 1.57 bits per heavy atom. The fourth-order valence-electron chi connectivity index (χ4n) is 1.14. The van der Waals surface area contributed by atoms with Gasteiger partial charge in [0, 0.05) is 28.8 Å². The second kappa shape index (κ2) is 6.27. The van der Waals surface area contributed by atoms with E-state index in [1.165, 1.54) is 0 Å². The molecule has 0 aliphatic heterocycles. The van der Waals surface area contributed by atoms with Crippen LogP contribution in [0.3, 0.4) is 0 Å². The zero-order valence-corrected chi connectivity index (χ0v) is 8.93. The summed E-state index contributed by atoms with van der Waals surface area (Å²) in [6.07, 6.45) is -4.04. The Morgan fingerprint density at radius 3 is 2.07 bits per heavy atom. The average Bonchev–Trinajstić information content (AvgIpc) is 2.04. The normalized spacial score (nSPS) is 10.8. The van der Waals surface area contributed by atoms with E-state index in [0.717, 1.165) is 5.56 Å². The van der Waals surface area contributed by atoms with Crippen LogP contribution < -0.4 is 0 Å². The Kier molecular flexibility index (Phi) is 6.16. The summed E-state index contributed by atoms with van der Waals surface area (Å²) in [7, 11) is 0. The molecule has 14 heavy (non-hydrogen) atoms. The molecule has 0 fully saturated rings. The number of hydrogen-bond donors (Lipinski definition) is 0. The van der Waals surface area contributed by atoms with Crippen LogP contribution in [0.15, 0.2) is 30.3 Å². The van der Waals surface area contributed by atoms with E-state index in [4.69, 9.17) is 0 Å². The van der Waals surface area contributed by atoms with Crippen LogP contribution in [0.4, 0.5) is 13.2 Å². The van der Waals surface area contributed by atoms with Crippen molar-refractivity contribution in [1.82, 2.24) is 0 Å². The number of halogens is 3. The standard InChI is InChI=1S/C10H11F3.Ag/c11-10(12,13)8-4-7-9-5-2-1-3-6-9;/h1-3,5-6H,4,7-8H2;. The molecule has 0 amide bonds. The van der Waals surface area contributed by atoms with Gasteiger partial charge in [-0.15, -0.1) is 0 Å². The van der Waals surface area contributed by atoms with Crippen molar-refractivity contribution < 1.29 is 35.6 Å². The predicted octanol–water partition coefficient (Wildman–Crippen LogP) is 3.57. The van der Waals surface area contributed by atoms with Crippen LogP contribution in [0.1, 0.15) is 18.4 Å². The van der Waals surface area contributed by atoms with Gasteiger partial charge in [0.2, 0.25) is 0 Å². The smallest absolute Gasteiger partial charge is 0.171 e. The van der Waals surface area contributed by atoms with Crippen molar-refractivity contribution >= 4 is 0 Å². The molecule has 0 bridgehead atoms. The van der Waals surface area contributed by atoms with Crippen molar-refractivity contribution in [3.8, 4) is 0 Å². The second-order valence-corrected chi connectivity index (χ2v) is 2.95. The molecule has 1 aromatic carbocycles. The van der Waals surface area contributed by atoms with Crippen molar-refractivity contribution in [2.45, 2.75) is 25.4 Å². The SMILES string of the molecule is FC(F)(F)CCCc1ccccc1.[Ag]. The third-order valence-corrected chi connectivity index (χ3v) is 1.77. The minimum Gasteiger partial charge on any atom is -0.171 e. The average molecular weight is 296 g/mol. The Balaban J connectivity index is 0.00000169. The van der Waals surface area contributed by atoms with Gasteiger partial charge in [-0.25, -0.2) is 0 Å². The Morgan fingerprint density at radius 1 is 1.00 bits per heavy atom. The molecule has 4 heteroatoms. The molecule has 1 radical (unpaired) electrons. The van der Waals surface area contributed by atoms with Crippen LogP contribution >= 0.6 is 0 Å². The van der Waals surface area contributed by atoms with Gasteiger partial charge in [0.1, 0.15) is 0 Å². The van der Waals surface area contributed by atoms with Gasteiger partial charge < -0.3 is 0 Å². The first-order valence-electron chi connectivity index (χ1n) is 4.18. The van der Waals surface area contributed by atoms with Crippen molar-refractivity contribution in [1.29, 1.82) is 0 Å². The molecule has 0 saturated heterocycles. The fourth-order valence-corrected chi connectivity index (χ4v) is 1.14. The van der Waals surface area contributed by atoms with Gasteiger partial charge >= 0.3 is 6.18 Å². The molecule has 0 heterocycles. The Labute approximate surface area is 97.0 Å². The van der Waals surface area contributed by atoms with E-state index in [-0.39, 0.29) is 28.8 Å². The largest absolute Gasteiger partial charge is 0.389 e. The zero-order chi connectivity index (χ0) is 9.73. The van der Waals surface area contributed by atoms with Crippen molar-refractivity contribution in [3.63, 3.8) is 0 Å². The molecule has 83 valence electrons. The minimum atomic E-state index is -4.02. The van der Waals surface area contributed by atoms with Gasteiger partial charge in [0.15, 0.2) is 0 Å². The molecule has 0 nitrogen and oxygen atoms in total. The summed E-state index contributed by atoms with van der Waals surface area (Å²) in [6, 6.07) is 9.21. The van der Waals surface area contributed by atoms with Gasteiger partial charge in [-0.05, 0) is 18.4 Å². The van der Waals surface area contributed by atoms with Gasteiger partial charge in [-0.1, -0.05) is 30.3 Å². The molecule has 0 aliphatic carbocycles. The number of benzene rings is 1. The molecule has 0 aromatic heterocycles. The van der Waals surface area contributed by atoms with E-state index in [2.05, 4.69) is 0 Å². The topological polar surface area (TPSA) is 0 Å². The van der Waals surface area contributed by atoms with Crippen molar-refractivity contribution in [3.05, 3.63) is 35.9 Å². The number of aryl methyl sites for hydroxylation is 1. The Bertz CT molecular complexity index is 243. The van der Waals surface area contributed by atoms with Crippen LogP contribution in [0.2, 0.25) is 0 Å². The molecule has 0 saturated carbocycles. The van der Waals surface area contributed by atoms with Crippen molar-refractivity contribution in [2.24, 2.45) is 0 Å². The molecule has 0 spiro atoms. The summed E-state index contributed by atoms with van der Waals surface area (Å²) in [5.74, 6) is 0. The maximum atomic E-state index is 11.8. The first-order chi connectivity index (χ1) is 6.08. The maximum Gasteiger partial charge on any atom is 0.389 e. The first kappa shape index (κ1) is 13.8. The summed E-state index contributed by atoms with van der Waals surface area (Å²) in [5, 5.41) is 0. The number of alkyl halides is 3. The summed E-state index contributed by atoms with van der Waals surface area (Å²) in [6.45, 7) is 0. The molecule has 1 rings (SSSR count). The van der Waals surface area contributed by atoms with Crippen LogP contribution in [-0.4, -0.2) is 6.18 Å². The fraction of sp³-hybridized carbons (Fsp3) is 0.400. The summed E-state index contributed by atoms with van der Waals surface area (Å²) < 4.78 is 35.3. The van der Waals surface area contributed by atoms with E-state index < -0.39 is 12.6 Å². The second-order valence-electron chi connectivity index (χ2n) is 2.95. The number of hydrogen-bond acceptors (Lipinski definition) is 0. The van der Waals surface area contributed by atoms with E-state index in [1.807, 2.05) is 30.3 Å². The monoisotopic (exact) mass is 295 g/mol. The third-order valence-electron chi connectivity index (χ3n) is 1.77. The molecule has 0 aliphatic rings. The van der Waals surface area contributed by atoms with E-state index >= 15 is 0 Å². The molecule has 0 atom stereocenters. The first-order valence-corrected chi connectivity index (χ1v) is 4.18. The predicted molar refractivity (Wildman–Crippen MR) is 45.4 cm³/mol. The molecule has 0 unspecified atom stereocenters.